The summed E-state index contributed by atoms with van der Waals surface area (Å²) in [6.07, 6.45) is 7.62. The molecule has 1 saturated heterocycles. The van der Waals surface area contributed by atoms with Gasteiger partial charge in [0.25, 0.3) is 0 Å². The summed E-state index contributed by atoms with van der Waals surface area (Å²) >= 11 is 0. The minimum atomic E-state index is -0.572. The van der Waals surface area contributed by atoms with Gasteiger partial charge in [0.15, 0.2) is 5.78 Å². The first kappa shape index (κ1) is 19.6. The molecule has 158 valence electrons. The fourth-order valence-electron chi connectivity index (χ4n) is 4.58. The number of nitrogens with zero attached hydrogens (tertiary/aromatic N) is 3. The zero-order valence-electron chi connectivity index (χ0n) is 17.2. The molecule has 1 fully saturated rings. The zero-order chi connectivity index (χ0) is 21.4. The Hall–Kier alpha value is -3.32. The van der Waals surface area contributed by atoms with Crippen LogP contribution in [0, 0.1) is 0 Å². The smallest absolute Gasteiger partial charge is 0.341 e. The van der Waals surface area contributed by atoms with Gasteiger partial charge in [-0.2, -0.15) is 0 Å². The second-order valence-corrected chi connectivity index (χ2v) is 8.00. The fourth-order valence-corrected chi connectivity index (χ4v) is 4.58. The Morgan fingerprint density at radius 1 is 1.03 bits per heavy atom. The van der Waals surface area contributed by atoms with Gasteiger partial charge in [-0.05, 0) is 56.6 Å². The van der Waals surface area contributed by atoms with E-state index in [1.807, 2.05) is 0 Å². The first-order valence-electron chi connectivity index (χ1n) is 10.7. The van der Waals surface area contributed by atoms with E-state index in [1.165, 1.54) is 25.5 Å². The lowest BCUT2D eigenvalue weighted by molar-refractivity contribution is 0.0485. The Kier molecular flexibility index (Phi) is 5.11. The molecule has 7 heteroatoms. The highest BCUT2D eigenvalue weighted by molar-refractivity contribution is 6.31. The number of hydrogen-bond donors (Lipinski definition) is 0. The topological polar surface area (TPSA) is 81.0 Å². The molecule has 7 nitrogen and oxygen atoms in total. The van der Waals surface area contributed by atoms with Crippen molar-refractivity contribution in [3.05, 3.63) is 70.8 Å². The van der Waals surface area contributed by atoms with Gasteiger partial charge in [0.2, 0.25) is 5.78 Å². The molecule has 0 atom stereocenters. The molecule has 0 aromatic carbocycles. The van der Waals surface area contributed by atoms with Crippen LogP contribution < -0.4 is 0 Å². The lowest BCUT2D eigenvalue weighted by Crippen LogP contribution is -2.31. The van der Waals surface area contributed by atoms with E-state index in [4.69, 9.17) is 4.74 Å². The Balaban J connectivity index is 1.45. The minimum Gasteiger partial charge on any atom is -0.462 e. The minimum absolute atomic E-state index is 0.109. The number of carbonyl (C=O) groups excluding carboxylic acids is 3. The number of carbonyl (C=O) groups is 3. The predicted octanol–water partition coefficient (Wildman–Crippen LogP) is 3.14. The molecule has 2 aliphatic rings. The van der Waals surface area contributed by atoms with Gasteiger partial charge in [0.05, 0.1) is 28.8 Å². The molecular weight excluding hydrogens is 394 g/mol. The van der Waals surface area contributed by atoms with Crippen LogP contribution in [0.1, 0.15) is 68.1 Å². The summed E-state index contributed by atoms with van der Waals surface area (Å²) in [7, 11) is 0. The van der Waals surface area contributed by atoms with Crippen molar-refractivity contribution in [3.63, 3.8) is 0 Å². The van der Waals surface area contributed by atoms with Crippen molar-refractivity contribution in [2.75, 3.05) is 26.2 Å². The van der Waals surface area contributed by atoms with Gasteiger partial charge >= 0.3 is 5.97 Å². The molecule has 0 spiro atoms. The van der Waals surface area contributed by atoms with Crippen molar-refractivity contribution < 1.29 is 19.1 Å². The van der Waals surface area contributed by atoms with Crippen molar-refractivity contribution in [1.29, 1.82) is 0 Å². The molecule has 0 saturated carbocycles. The molecule has 0 unspecified atom stereocenters. The van der Waals surface area contributed by atoms with Crippen LogP contribution in [-0.4, -0.2) is 58.1 Å². The van der Waals surface area contributed by atoms with E-state index < -0.39 is 5.97 Å². The van der Waals surface area contributed by atoms with Gasteiger partial charge < -0.3 is 14.0 Å². The first-order chi connectivity index (χ1) is 15.2. The number of ether oxygens (including phenoxy) is 1. The van der Waals surface area contributed by atoms with Crippen LogP contribution in [0.4, 0.5) is 0 Å². The lowest BCUT2D eigenvalue weighted by Gasteiger charge is -2.26. The maximum atomic E-state index is 13.3. The summed E-state index contributed by atoms with van der Waals surface area (Å²) in [5.41, 5.74) is 1.26. The molecule has 1 aliphatic carbocycles. The van der Waals surface area contributed by atoms with Crippen LogP contribution >= 0.6 is 0 Å². The standard InChI is InChI=1S/C24H23N3O4/c28-22-16-8-6-10-25-20(16)23(29)21-19(22)18(17-9-2-5-14-27(17)21)24(30)31-15-7-13-26-11-3-1-4-12-26/h2,5-6,8-10,14H,1,3-4,7,11-13,15H2. The van der Waals surface area contributed by atoms with E-state index in [1.54, 1.807) is 40.9 Å². The molecule has 3 aromatic heterocycles. The normalized spacial score (nSPS) is 16.3. The molecular formula is C24H23N3O4. The number of hydrogen-bond acceptors (Lipinski definition) is 6. The number of ketones is 2. The van der Waals surface area contributed by atoms with Crippen LogP contribution in [0.15, 0.2) is 42.7 Å². The second kappa shape index (κ2) is 8.07. The van der Waals surface area contributed by atoms with E-state index in [9.17, 15) is 14.4 Å². The van der Waals surface area contributed by atoms with Gasteiger partial charge in [0.1, 0.15) is 11.4 Å². The van der Waals surface area contributed by atoms with Gasteiger partial charge in [-0.15, -0.1) is 0 Å². The molecule has 31 heavy (non-hydrogen) atoms. The third-order valence-electron chi connectivity index (χ3n) is 6.06. The highest BCUT2D eigenvalue weighted by Gasteiger charge is 2.39. The fraction of sp³-hybridized carbons (Fsp3) is 0.333. The highest BCUT2D eigenvalue weighted by Crippen LogP contribution is 2.33. The maximum Gasteiger partial charge on any atom is 0.341 e. The maximum absolute atomic E-state index is 13.3. The quantitative estimate of drug-likeness (QED) is 0.367. The molecule has 0 radical (unpaired) electrons. The summed E-state index contributed by atoms with van der Waals surface area (Å²) in [4.78, 5) is 46.0. The van der Waals surface area contributed by atoms with E-state index in [0.717, 1.165) is 26.1 Å². The number of likely N-dealkylation sites (tertiary alicyclic amines) is 1. The number of esters is 1. The molecule has 5 rings (SSSR count). The predicted molar refractivity (Wildman–Crippen MR) is 114 cm³/mol. The highest BCUT2D eigenvalue weighted by atomic mass is 16.5. The second-order valence-electron chi connectivity index (χ2n) is 8.00. The summed E-state index contributed by atoms with van der Waals surface area (Å²) < 4.78 is 7.16. The third-order valence-corrected chi connectivity index (χ3v) is 6.06. The molecule has 1 aliphatic heterocycles. The number of fused-ring (bicyclic) bond motifs is 4. The lowest BCUT2D eigenvalue weighted by atomic mass is 9.89. The molecule has 0 N–H and O–H groups in total. The van der Waals surface area contributed by atoms with Crippen LogP contribution in [0.3, 0.4) is 0 Å². The van der Waals surface area contributed by atoms with E-state index in [0.29, 0.717) is 5.52 Å². The Morgan fingerprint density at radius 3 is 2.71 bits per heavy atom. The van der Waals surface area contributed by atoms with Crippen LogP contribution in [-0.2, 0) is 4.74 Å². The average molecular weight is 417 g/mol. The van der Waals surface area contributed by atoms with Crippen molar-refractivity contribution in [2.45, 2.75) is 25.7 Å². The summed E-state index contributed by atoms with van der Waals surface area (Å²) in [6, 6.07) is 8.44. The van der Waals surface area contributed by atoms with Crippen LogP contribution in [0.25, 0.3) is 5.52 Å². The summed E-state index contributed by atoms with van der Waals surface area (Å²) in [5, 5.41) is 0. The third kappa shape index (κ3) is 3.35. The molecule has 3 aromatic rings. The van der Waals surface area contributed by atoms with Gasteiger partial charge in [-0.25, -0.2) is 4.79 Å². The van der Waals surface area contributed by atoms with E-state index >= 15 is 0 Å². The SMILES string of the molecule is O=C1c2cccnc2C(=O)c2c1c(C(=O)OCCCN1CCCCC1)c1ccccn21. The van der Waals surface area contributed by atoms with Gasteiger partial charge in [-0.3, -0.25) is 14.6 Å². The summed E-state index contributed by atoms with van der Waals surface area (Å²) in [5.74, 6) is -1.31. The van der Waals surface area contributed by atoms with Crippen molar-refractivity contribution in [2.24, 2.45) is 0 Å². The van der Waals surface area contributed by atoms with Crippen molar-refractivity contribution in [1.82, 2.24) is 14.3 Å². The Morgan fingerprint density at radius 2 is 1.87 bits per heavy atom. The molecule has 4 heterocycles. The molecule has 0 bridgehead atoms. The van der Waals surface area contributed by atoms with E-state index in [2.05, 4.69) is 9.88 Å². The van der Waals surface area contributed by atoms with Crippen molar-refractivity contribution in [3.8, 4) is 0 Å². The largest absolute Gasteiger partial charge is 0.462 e. The Labute approximate surface area is 179 Å². The Bertz CT molecular complexity index is 1190. The van der Waals surface area contributed by atoms with Gasteiger partial charge in [0, 0.05) is 18.9 Å². The van der Waals surface area contributed by atoms with Crippen LogP contribution in [0.5, 0.6) is 0 Å². The van der Waals surface area contributed by atoms with Gasteiger partial charge in [-0.1, -0.05) is 12.5 Å². The number of piperidine rings is 1. The summed E-state index contributed by atoms with van der Waals surface area (Å²) in [6.45, 7) is 3.35. The van der Waals surface area contributed by atoms with Crippen molar-refractivity contribution >= 4 is 23.1 Å². The zero-order valence-corrected chi connectivity index (χ0v) is 17.2. The monoisotopic (exact) mass is 417 g/mol. The number of rotatable bonds is 5. The van der Waals surface area contributed by atoms with E-state index in [-0.39, 0.29) is 46.3 Å². The number of aromatic nitrogens is 2. The van der Waals surface area contributed by atoms with Crippen LogP contribution in [0.2, 0.25) is 0 Å². The number of pyridine rings is 2. The average Bonchev–Trinajstić information content (AvgIpc) is 3.17. The first-order valence-corrected chi connectivity index (χ1v) is 10.7. The molecule has 0 amide bonds.